The lowest BCUT2D eigenvalue weighted by Crippen LogP contribution is -1.99. The molecule has 0 aliphatic heterocycles. The van der Waals surface area contributed by atoms with Gasteiger partial charge in [-0.05, 0) is 30.2 Å². The number of aromatic nitrogens is 1. The second-order valence-electron chi connectivity index (χ2n) is 3.98. The second-order valence-corrected chi connectivity index (χ2v) is 4.90. The largest absolute Gasteiger partial charge is 0.395 e. The molecule has 0 fully saturated rings. The minimum atomic E-state index is 0.186. The second kappa shape index (κ2) is 5.02. The summed E-state index contributed by atoms with van der Waals surface area (Å²) in [5.41, 5.74) is 2.58. The van der Waals surface area contributed by atoms with Gasteiger partial charge in [0, 0.05) is 28.1 Å². The Balaban J connectivity index is 2.56. The summed E-state index contributed by atoms with van der Waals surface area (Å²) in [7, 11) is 0. The summed E-state index contributed by atoms with van der Waals surface area (Å²) in [6.45, 7) is 3.04. The molecule has 3 heteroatoms. The zero-order valence-electron chi connectivity index (χ0n) is 9.41. The van der Waals surface area contributed by atoms with E-state index in [-0.39, 0.29) is 6.61 Å². The Hall–Kier alpha value is -0.800. The van der Waals surface area contributed by atoms with E-state index in [1.807, 2.05) is 6.07 Å². The molecule has 2 aromatic rings. The first-order chi connectivity index (χ1) is 7.76. The molecule has 1 aromatic carbocycles. The first-order valence-corrected chi connectivity index (χ1v) is 6.43. The molecule has 1 aromatic heterocycles. The van der Waals surface area contributed by atoms with Crippen molar-refractivity contribution in [3.63, 3.8) is 0 Å². The molecule has 1 N–H and O–H groups in total. The number of aliphatic hydroxyl groups is 1. The van der Waals surface area contributed by atoms with E-state index in [2.05, 4.69) is 45.8 Å². The number of hydrogen-bond donors (Lipinski definition) is 1. The van der Waals surface area contributed by atoms with Crippen molar-refractivity contribution in [1.29, 1.82) is 0 Å². The Bertz CT molecular complexity index is 490. The summed E-state index contributed by atoms with van der Waals surface area (Å²) in [5, 5.41) is 10.3. The van der Waals surface area contributed by atoms with Gasteiger partial charge in [-0.2, -0.15) is 0 Å². The Morgan fingerprint density at radius 3 is 2.88 bits per heavy atom. The van der Waals surface area contributed by atoms with Gasteiger partial charge in [0.15, 0.2) is 0 Å². The number of rotatable bonds is 4. The molecule has 0 bridgehead atoms. The summed E-state index contributed by atoms with van der Waals surface area (Å²) in [6.07, 6.45) is 4.40. The number of aliphatic hydroxyl groups excluding tert-OH is 1. The Morgan fingerprint density at radius 1 is 1.38 bits per heavy atom. The molecular weight excluding hydrogens is 266 g/mol. The molecule has 0 unspecified atom stereocenters. The van der Waals surface area contributed by atoms with Crippen LogP contribution in [0.1, 0.15) is 18.9 Å². The van der Waals surface area contributed by atoms with Crippen molar-refractivity contribution in [3.05, 3.63) is 34.4 Å². The van der Waals surface area contributed by atoms with Crippen LogP contribution in [0.4, 0.5) is 0 Å². The van der Waals surface area contributed by atoms with E-state index in [9.17, 15) is 0 Å². The highest BCUT2D eigenvalue weighted by Gasteiger charge is 2.07. The number of hydrogen-bond acceptors (Lipinski definition) is 1. The average molecular weight is 282 g/mol. The van der Waals surface area contributed by atoms with Gasteiger partial charge >= 0.3 is 0 Å². The Morgan fingerprint density at radius 2 is 2.19 bits per heavy atom. The van der Waals surface area contributed by atoms with E-state index in [0.29, 0.717) is 6.54 Å². The van der Waals surface area contributed by atoms with Crippen molar-refractivity contribution < 1.29 is 5.11 Å². The first kappa shape index (κ1) is 11.7. The lowest BCUT2D eigenvalue weighted by atomic mass is 10.1. The third-order valence-electron chi connectivity index (χ3n) is 2.79. The van der Waals surface area contributed by atoms with Gasteiger partial charge in [-0.1, -0.05) is 29.3 Å². The van der Waals surface area contributed by atoms with Crippen LogP contribution in [0.2, 0.25) is 0 Å². The predicted molar refractivity (Wildman–Crippen MR) is 70.7 cm³/mol. The fraction of sp³-hybridized carbons (Fsp3) is 0.385. The molecule has 16 heavy (non-hydrogen) atoms. The van der Waals surface area contributed by atoms with Gasteiger partial charge in [0.2, 0.25) is 0 Å². The number of halogens is 1. The number of fused-ring (bicyclic) bond motifs is 1. The number of benzene rings is 1. The average Bonchev–Trinajstić information content (AvgIpc) is 2.58. The summed E-state index contributed by atoms with van der Waals surface area (Å²) in [4.78, 5) is 0. The fourth-order valence-electron chi connectivity index (χ4n) is 2.10. The van der Waals surface area contributed by atoms with Gasteiger partial charge in [0.25, 0.3) is 0 Å². The molecule has 0 saturated carbocycles. The van der Waals surface area contributed by atoms with Crippen molar-refractivity contribution in [1.82, 2.24) is 4.57 Å². The van der Waals surface area contributed by atoms with E-state index < -0.39 is 0 Å². The Labute approximate surface area is 104 Å². The van der Waals surface area contributed by atoms with Crippen LogP contribution in [-0.4, -0.2) is 16.3 Å². The molecule has 0 atom stereocenters. The van der Waals surface area contributed by atoms with Gasteiger partial charge < -0.3 is 9.67 Å². The highest BCUT2D eigenvalue weighted by Crippen LogP contribution is 2.26. The maximum Gasteiger partial charge on any atom is 0.0610 e. The van der Waals surface area contributed by atoms with Crippen molar-refractivity contribution in [3.8, 4) is 0 Å². The smallest absolute Gasteiger partial charge is 0.0610 e. The highest BCUT2D eigenvalue weighted by molar-refractivity contribution is 9.10. The maximum absolute atomic E-state index is 9.04. The lowest BCUT2D eigenvalue weighted by molar-refractivity contribution is 0.278. The van der Waals surface area contributed by atoms with Crippen LogP contribution in [0.3, 0.4) is 0 Å². The van der Waals surface area contributed by atoms with E-state index in [1.54, 1.807) is 0 Å². The molecule has 2 rings (SSSR count). The zero-order valence-corrected chi connectivity index (χ0v) is 11.0. The van der Waals surface area contributed by atoms with E-state index in [0.717, 1.165) is 17.3 Å². The topological polar surface area (TPSA) is 25.2 Å². The van der Waals surface area contributed by atoms with Gasteiger partial charge in [-0.25, -0.2) is 0 Å². The maximum atomic E-state index is 9.04. The van der Waals surface area contributed by atoms with Crippen molar-refractivity contribution in [2.45, 2.75) is 26.3 Å². The monoisotopic (exact) mass is 281 g/mol. The number of nitrogens with zero attached hydrogens (tertiary/aromatic N) is 1. The van der Waals surface area contributed by atoms with Gasteiger partial charge in [0.1, 0.15) is 0 Å². The van der Waals surface area contributed by atoms with Crippen molar-refractivity contribution in [2.24, 2.45) is 0 Å². The molecule has 0 amide bonds. The molecule has 0 radical (unpaired) electrons. The van der Waals surface area contributed by atoms with Gasteiger partial charge in [0.05, 0.1) is 6.61 Å². The van der Waals surface area contributed by atoms with Crippen LogP contribution < -0.4 is 0 Å². The predicted octanol–water partition coefficient (Wildman–Crippen LogP) is 3.35. The zero-order chi connectivity index (χ0) is 11.5. The van der Waals surface area contributed by atoms with Gasteiger partial charge in [-0.15, -0.1) is 0 Å². The summed E-state index contributed by atoms with van der Waals surface area (Å²) in [6, 6.07) is 6.31. The SMILES string of the molecule is CCCc1cn(CCO)c2ccc(Br)cc12. The number of aryl methyl sites for hydroxylation is 1. The first-order valence-electron chi connectivity index (χ1n) is 5.64. The third kappa shape index (κ3) is 2.15. The molecule has 2 nitrogen and oxygen atoms in total. The molecule has 1 heterocycles. The minimum absolute atomic E-state index is 0.186. The van der Waals surface area contributed by atoms with E-state index in [1.165, 1.54) is 16.5 Å². The van der Waals surface area contributed by atoms with Crippen LogP contribution in [-0.2, 0) is 13.0 Å². The lowest BCUT2D eigenvalue weighted by Gasteiger charge is -2.01. The van der Waals surface area contributed by atoms with Crippen LogP contribution in [0.5, 0.6) is 0 Å². The molecule has 0 saturated heterocycles. The molecule has 86 valence electrons. The normalized spacial score (nSPS) is 11.2. The minimum Gasteiger partial charge on any atom is -0.395 e. The van der Waals surface area contributed by atoms with Crippen LogP contribution in [0.15, 0.2) is 28.9 Å². The van der Waals surface area contributed by atoms with E-state index >= 15 is 0 Å². The van der Waals surface area contributed by atoms with Crippen LogP contribution >= 0.6 is 15.9 Å². The molecular formula is C13H16BrNO. The summed E-state index contributed by atoms with van der Waals surface area (Å²) >= 11 is 3.51. The molecule has 0 aliphatic carbocycles. The fourth-order valence-corrected chi connectivity index (χ4v) is 2.47. The molecule has 0 aliphatic rings. The van der Waals surface area contributed by atoms with Crippen molar-refractivity contribution in [2.75, 3.05) is 6.61 Å². The van der Waals surface area contributed by atoms with Crippen LogP contribution in [0, 0.1) is 0 Å². The Kier molecular flexibility index (Phi) is 3.66. The van der Waals surface area contributed by atoms with Crippen molar-refractivity contribution >= 4 is 26.8 Å². The summed E-state index contributed by atoms with van der Waals surface area (Å²) < 4.78 is 3.24. The van der Waals surface area contributed by atoms with E-state index in [4.69, 9.17) is 5.11 Å². The standard InChI is InChI=1S/C13H16BrNO/c1-2-3-10-9-15(6-7-16)13-5-4-11(14)8-12(10)13/h4-5,8-9,16H,2-3,6-7H2,1H3. The quantitative estimate of drug-likeness (QED) is 0.914. The highest BCUT2D eigenvalue weighted by atomic mass is 79.9. The summed E-state index contributed by atoms with van der Waals surface area (Å²) in [5.74, 6) is 0. The van der Waals surface area contributed by atoms with Crippen LogP contribution in [0.25, 0.3) is 10.9 Å². The third-order valence-corrected chi connectivity index (χ3v) is 3.28. The molecule has 0 spiro atoms. The van der Waals surface area contributed by atoms with Gasteiger partial charge in [-0.3, -0.25) is 0 Å².